The molecule has 0 atom stereocenters. The first-order valence-corrected chi connectivity index (χ1v) is 14.0. The predicted molar refractivity (Wildman–Crippen MR) is 171 cm³/mol. The van der Waals surface area contributed by atoms with Crippen molar-refractivity contribution in [2.75, 3.05) is 56.4 Å². The zero-order chi connectivity index (χ0) is 29.9. The van der Waals surface area contributed by atoms with E-state index in [0.717, 1.165) is 53.9 Å². The number of amides is 1. The lowest BCUT2D eigenvalue weighted by atomic mass is 10.1. The number of benzene rings is 2. The highest BCUT2D eigenvalue weighted by molar-refractivity contribution is 6.02. The number of aromatic nitrogens is 3. The van der Waals surface area contributed by atoms with E-state index in [9.17, 15) is 4.79 Å². The number of ether oxygens (including phenoxy) is 1. The fourth-order valence-electron chi connectivity index (χ4n) is 4.61. The van der Waals surface area contributed by atoms with E-state index in [1.807, 2.05) is 58.3 Å². The van der Waals surface area contributed by atoms with Crippen LogP contribution in [0.15, 0.2) is 67.5 Å². The first-order valence-electron chi connectivity index (χ1n) is 14.0. The molecule has 41 heavy (non-hydrogen) atoms. The highest BCUT2D eigenvalue weighted by Gasteiger charge is 2.17. The quantitative estimate of drug-likeness (QED) is 0.197. The van der Waals surface area contributed by atoms with Gasteiger partial charge in [-0.05, 0) is 44.3 Å². The molecule has 9 nitrogen and oxygen atoms in total. The van der Waals surface area contributed by atoms with Gasteiger partial charge >= 0.3 is 0 Å². The van der Waals surface area contributed by atoms with Gasteiger partial charge in [-0.1, -0.05) is 45.5 Å². The number of para-hydroxylation sites is 1. The van der Waals surface area contributed by atoms with Crippen LogP contribution in [0.1, 0.15) is 27.2 Å². The highest BCUT2D eigenvalue weighted by Crippen LogP contribution is 2.38. The topological polar surface area (TPSA) is 87.5 Å². The molecule has 0 aliphatic rings. The van der Waals surface area contributed by atoms with Crippen LogP contribution < -0.4 is 20.3 Å². The number of hydrogen-bond acceptors (Lipinski definition) is 7. The van der Waals surface area contributed by atoms with Gasteiger partial charge in [0.25, 0.3) is 0 Å². The van der Waals surface area contributed by atoms with Gasteiger partial charge in [-0.2, -0.15) is 0 Å². The smallest absolute Gasteiger partial charge is 0.247 e. The molecule has 0 bridgehead atoms. The van der Waals surface area contributed by atoms with Crippen molar-refractivity contribution in [3.05, 3.63) is 67.5 Å². The molecular weight excluding hydrogens is 514 g/mol. The van der Waals surface area contributed by atoms with Crippen LogP contribution in [0.25, 0.3) is 22.2 Å². The molecule has 0 fully saturated rings. The van der Waals surface area contributed by atoms with E-state index in [-0.39, 0.29) is 5.91 Å². The molecule has 0 radical (unpaired) electrons. The van der Waals surface area contributed by atoms with E-state index < -0.39 is 0 Å². The normalized spacial score (nSPS) is 10.6. The number of aryl methyl sites for hydroxylation is 1. The number of carbonyl (C=O) groups excluding carboxylic acids is 1. The van der Waals surface area contributed by atoms with Crippen molar-refractivity contribution >= 4 is 39.8 Å². The minimum atomic E-state index is -0.293. The van der Waals surface area contributed by atoms with Crippen molar-refractivity contribution in [3.8, 4) is 17.0 Å². The summed E-state index contributed by atoms with van der Waals surface area (Å²) in [5.41, 5.74) is 5.06. The minimum Gasteiger partial charge on any atom is -0.494 e. The maximum Gasteiger partial charge on any atom is 0.247 e. The number of hydrogen-bond donors (Lipinski definition) is 2. The summed E-state index contributed by atoms with van der Waals surface area (Å²) in [7, 11) is 7.75. The standard InChI is InChI=1S/C30H37N7O2.C2H6/c1-7-15-35(3)16-17-36(4)27-19-28(39-6)25(18-24(27)32-29(38)8-2)34-30-31-14-13-23(33-30)22-20-37(5)26-12-10-9-11-21(22)26;1-2/h8-14,18-20H,2,7,15-17H2,1,3-6H3,(H,32,38)(H,31,33,34);1-2H3. The van der Waals surface area contributed by atoms with Gasteiger partial charge in [-0.15, -0.1) is 0 Å². The van der Waals surface area contributed by atoms with Crippen molar-refractivity contribution in [1.82, 2.24) is 19.4 Å². The largest absolute Gasteiger partial charge is 0.494 e. The number of nitrogens with zero attached hydrogens (tertiary/aromatic N) is 5. The molecule has 1 amide bonds. The van der Waals surface area contributed by atoms with E-state index in [1.54, 1.807) is 13.3 Å². The number of nitrogens with one attached hydrogen (secondary N) is 2. The molecule has 0 saturated carbocycles. The second kappa shape index (κ2) is 14.9. The summed E-state index contributed by atoms with van der Waals surface area (Å²) in [6.07, 6.45) is 6.16. The van der Waals surface area contributed by atoms with Crippen molar-refractivity contribution in [1.29, 1.82) is 0 Å². The molecule has 0 aliphatic carbocycles. The average molecular weight is 558 g/mol. The zero-order valence-corrected chi connectivity index (χ0v) is 25.4. The fraction of sp³-hybridized carbons (Fsp3) is 0.344. The number of rotatable bonds is 12. The molecule has 0 saturated heterocycles. The van der Waals surface area contributed by atoms with E-state index in [1.165, 1.54) is 6.08 Å². The Bertz CT molecular complexity index is 1460. The Morgan fingerprint density at radius 1 is 1.10 bits per heavy atom. The zero-order valence-electron chi connectivity index (χ0n) is 25.4. The molecule has 0 spiro atoms. The average Bonchev–Trinajstić information content (AvgIpc) is 3.33. The van der Waals surface area contributed by atoms with Crippen LogP contribution in [0.5, 0.6) is 5.75 Å². The fourth-order valence-corrected chi connectivity index (χ4v) is 4.61. The predicted octanol–water partition coefficient (Wildman–Crippen LogP) is 6.32. The number of carbonyl (C=O) groups is 1. The number of fused-ring (bicyclic) bond motifs is 1. The lowest BCUT2D eigenvalue weighted by Gasteiger charge is -2.26. The van der Waals surface area contributed by atoms with E-state index >= 15 is 0 Å². The molecule has 2 aromatic heterocycles. The van der Waals surface area contributed by atoms with Crippen LogP contribution in [-0.2, 0) is 11.8 Å². The van der Waals surface area contributed by atoms with Gasteiger partial charge in [0.05, 0.1) is 29.9 Å². The summed E-state index contributed by atoms with van der Waals surface area (Å²) in [4.78, 5) is 25.9. The molecule has 2 N–H and O–H groups in total. The summed E-state index contributed by atoms with van der Waals surface area (Å²) >= 11 is 0. The van der Waals surface area contributed by atoms with Crippen molar-refractivity contribution < 1.29 is 9.53 Å². The van der Waals surface area contributed by atoms with Gasteiger partial charge in [0.2, 0.25) is 11.9 Å². The maximum atomic E-state index is 12.3. The third-order valence-corrected chi connectivity index (χ3v) is 6.67. The minimum absolute atomic E-state index is 0.293. The van der Waals surface area contributed by atoms with Crippen LogP contribution in [0.4, 0.5) is 23.0 Å². The molecule has 2 heterocycles. The number of anilines is 4. The van der Waals surface area contributed by atoms with Crippen LogP contribution >= 0.6 is 0 Å². The molecular formula is C32H43N7O2. The van der Waals surface area contributed by atoms with E-state index in [2.05, 4.69) is 68.9 Å². The highest BCUT2D eigenvalue weighted by atomic mass is 16.5. The number of likely N-dealkylation sites (N-methyl/N-ethyl adjacent to an activating group) is 2. The second-order valence-corrected chi connectivity index (χ2v) is 9.55. The Morgan fingerprint density at radius 3 is 2.56 bits per heavy atom. The molecule has 218 valence electrons. The van der Waals surface area contributed by atoms with Crippen LogP contribution in [0.2, 0.25) is 0 Å². The van der Waals surface area contributed by atoms with Crippen molar-refractivity contribution in [3.63, 3.8) is 0 Å². The molecule has 4 rings (SSSR count). The summed E-state index contributed by atoms with van der Waals surface area (Å²) < 4.78 is 7.83. The molecule has 0 unspecified atom stereocenters. The SMILES string of the molecule is C=CC(=O)Nc1cc(Nc2nccc(-c3cn(C)c4ccccc34)n2)c(OC)cc1N(C)CCN(C)CCC.CC. The van der Waals surface area contributed by atoms with Gasteiger partial charge in [0.15, 0.2) is 0 Å². The maximum absolute atomic E-state index is 12.3. The summed E-state index contributed by atoms with van der Waals surface area (Å²) in [5.74, 6) is 0.731. The second-order valence-electron chi connectivity index (χ2n) is 9.55. The first kappa shape index (κ1) is 31.2. The van der Waals surface area contributed by atoms with Crippen molar-refractivity contribution in [2.45, 2.75) is 27.2 Å². The number of methoxy groups -OCH3 is 1. The Hall–Kier alpha value is -4.37. The van der Waals surface area contributed by atoms with Gasteiger partial charge < -0.3 is 29.7 Å². The van der Waals surface area contributed by atoms with Crippen molar-refractivity contribution in [2.24, 2.45) is 7.05 Å². The molecule has 4 aromatic rings. The van der Waals surface area contributed by atoms with E-state index in [4.69, 9.17) is 9.72 Å². The van der Waals surface area contributed by atoms with Crippen LogP contribution in [0.3, 0.4) is 0 Å². The lowest BCUT2D eigenvalue weighted by molar-refractivity contribution is -0.111. The third-order valence-electron chi connectivity index (χ3n) is 6.67. The third kappa shape index (κ3) is 7.64. The molecule has 2 aromatic carbocycles. The summed E-state index contributed by atoms with van der Waals surface area (Å²) in [5, 5.41) is 7.35. The first-order chi connectivity index (χ1) is 19.8. The van der Waals surface area contributed by atoms with Gasteiger partial charge in [0.1, 0.15) is 5.75 Å². The van der Waals surface area contributed by atoms with Gasteiger partial charge in [0, 0.05) is 62.1 Å². The Kier molecular flexibility index (Phi) is 11.3. The summed E-state index contributed by atoms with van der Waals surface area (Å²) in [6, 6.07) is 13.9. The van der Waals surface area contributed by atoms with E-state index in [0.29, 0.717) is 23.1 Å². The Balaban J connectivity index is 0.00000226. The van der Waals surface area contributed by atoms with Crippen LogP contribution in [-0.4, -0.2) is 66.2 Å². The molecule has 0 aliphatic heterocycles. The molecule has 9 heteroatoms. The Morgan fingerprint density at radius 2 is 1.85 bits per heavy atom. The van der Waals surface area contributed by atoms with Crippen LogP contribution in [0, 0.1) is 0 Å². The lowest BCUT2D eigenvalue weighted by Crippen LogP contribution is -2.31. The van der Waals surface area contributed by atoms with Gasteiger partial charge in [-0.3, -0.25) is 4.79 Å². The van der Waals surface area contributed by atoms with Gasteiger partial charge in [-0.25, -0.2) is 9.97 Å². The monoisotopic (exact) mass is 557 g/mol. The Labute approximate surface area is 243 Å². The summed E-state index contributed by atoms with van der Waals surface area (Å²) in [6.45, 7) is 12.5.